The van der Waals surface area contributed by atoms with E-state index in [0.29, 0.717) is 5.88 Å². The second kappa shape index (κ2) is 4.30. The van der Waals surface area contributed by atoms with Gasteiger partial charge in [-0.1, -0.05) is 6.07 Å². The first-order valence-electron chi connectivity index (χ1n) is 5.30. The fraction of sp³-hybridized carbons (Fsp3) is 0.308. The van der Waals surface area contributed by atoms with Gasteiger partial charge < -0.3 is 0 Å². The van der Waals surface area contributed by atoms with E-state index in [9.17, 15) is 0 Å². The Morgan fingerprint density at radius 3 is 2.19 bits per heavy atom. The van der Waals surface area contributed by atoms with Gasteiger partial charge in [0.25, 0.3) is 0 Å². The van der Waals surface area contributed by atoms with Crippen molar-refractivity contribution < 1.29 is 0 Å². The summed E-state index contributed by atoms with van der Waals surface area (Å²) >= 11 is 5.79. The van der Waals surface area contributed by atoms with Crippen molar-refractivity contribution in [1.82, 2.24) is 9.78 Å². The average Bonchev–Trinajstić information content (AvgIpc) is 2.58. The molecule has 0 spiro atoms. The van der Waals surface area contributed by atoms with Gasteiger partial charge in [-0.3, -0.25) is 0 Å². The smallest absolute Gasteiger partial charge is 0.0779 e. The summed E-state index contributed by atoms with van der Waals surface area (Å²) in [6, 6.07) is 8.44. The summed E-state index contributed by atoms with van der Waals surface area (Å²) in [5, 5.41) is 4.47. The van der Waals surface area contributed by atoms with Gasteiger partial charge in [-0.05, 0) is 50.1 Å². The first-order valence-corrected chi connectivity index (χ1v) is 5.84. The van der Waals surface area contributed by atoms with Crippen molar-refractivity contribution in [2.75, 3.05) is 0 Å². The molecular formula is C13H15ClN2. The highest BCUT2D eigenvalue weighted by Crippen LogP contribution is 2.16. The molecule has 2 nitrogen and oxygen atoms in total. The molecule has 16 heavy (non-hydrogen) atoms. The molecule has 0 saturated carbocycles. The van der Waals surface area contributed by atoms with Gasteiger partial charge in [0.05, 0.1) is 17.3 Å². The lowest BCUT2D eigenvalue weighted by atomic mass is 10.1. The van der Waals surface area contributed by atoms with Crippen LogP contribution >= 0.6 is 11.6 Å². The molecule has 0 aliphatic rings. The molecule has 0 radical (unpaired) electrons. The number of alkyl halides is 1. The Balaban J connectivity index is 2.53. The van der Waals surface area contributed by atoms with E-state index in [2.05, 4.69) is 37.1 Å². The van der Waals surface area contributed by atoms with Gasteiger partial charge in [0.15, 0.2) is 0 Å². The normalized spacial score (nSPS) is 10.8. The van der Waals surface area contributed by atoms with E-state index in [1.165, 1.54) is 11.1 Å². The molecule has 0 unspecified atom stereocenters. The lowest BCUT2D eigenvalue weighted by molar-refractivity contribution is 0.828. The topological polar surface area (TPSA) is 17.8 Å². The van der Waals surface area contributed by atoms with E-state index in [4.69, 9.17) is 11.6 Å². The summed E-state index contributed by atoms with van der Waals surface area (Å²) in [7, 11) is 0. The molecule has 1 aromatic heterocycles. The third-order valence-corrected chi connectivity index (χ3v) is 2.80. The molecule has 3 heteroatoms. The van der Waals surface area contributed by atoms with Crippen molar-refractivity contribution in [1.29, 1.82) is 0 Å². The summed E-state index contributed by atoms with van der Waals surface area (Å²) in [4.78, 5) is 0. The Kier molecular flexibility index (Phi) is 3.01. The largest absolute Gasteiger partial charge is 0.238 e. The van der Waals surface area contributed by atoms with Gasteiger partial charge in [0.1, 0.15) is 0 Å². The van der Waals surface area contributed by atoms with Gasteiger partial charge in [-0.25, -0.2) is 4.68 Å². The summed E-state index contributed by atoms with van der Waals surface area (Å²) < 4.78 is 1.94. The molecular weight excluding hydrogens is 220 g/mol. The highest BCUT2D eigenvalue weighted by molar-refractivity contribution is 6.16. The quantitative estimate of drug-likeness (QED) is 0.727. The van der Waals surface area contributed by atoms with Gasteiger partial charge >= 0.3 is 0 Å². The van der Waals surface area contributed by atoms with Crippen LogP contribution in [0.2, 0.25) is 0 Å². The Labute approximate surface area is 101 Å². The molecule has 0 amide bonds. The number of aryl methyl sites for hydroxylation is 3. The summed E-state index contributed by atoms with van der Waals surface area (Å²) in [5.74, 6) is 0.457. The van der Waals surface area contributed by atoms with Crippen molar-refractivity contribution in [3.63, 3.8) is 0 Å². The van der Waals surface area contributed by atoms with Crippen molar-refractivity contribution in [2.24, 2.45) is 0 Å². The van der Waals surface area contributed by atoms with Crippen LogP contribution in [0.5, 0.6) is 0 Å². The molecule has 0 atom stereocenters. The van der Waals surface area contributed by atoms with Crippen molar-refractivity contribution >= 4 is 11.6 Å². The predicted molar refractivity (Wildman–Crippen MR) is 67.3 cm³/mol. The van der Waals surface area contributed by atoms with E-state index in [-0.39, 0.29) is 0 Å². The van der Waals surface area contributed by atoms with Crippen LogP contribution in [-0.2, 0) is 5.88 Å². The number of halogens is 1. The number of aromatic nitrogens is 2. The minimum absolute atomic E-state index is 0.457. The summed E-state index contributed by atoms with van der Waals surface area (Å²) in [6.07, 6.45) is 0. The van der Waals surface area contributed by atoms with Crippen LogP contribution in [0, 0.1) is 20.8 Å². The first-order chi connectivity index (χ1) is 7.60. The summed E-state index contributed by atoms with van der Waals surface area (Å²) in [6.45, 7) is 6.23. The van der Waals surface area contributed by atoms with Crippen LogP contribution in [-0.4, -0.2) is 9.78 Å². The maximum atomic E-state index is 5.79. The maximum absolute atomic E-state index is 5.79. The fourth-order valence-electron chi connectivity index (χ4n) is 1.94. The Bertz CT molecular complexity index is 494. The van der Waals surface area contributed by atoms with Gasteiger partial charge in [-0.15, -0.1) is 11.6 Å². The van der Waals surface area contributed by atoms with Crippen LogP contribution in [0.1, 0.15) is 22.5 Å². The minimum atomic E-state index is 0.457. The molecule has 0 saturated heterocycles. The minimum Gasteiger partial charge on any atom is -0.238 e. The van der Waals surface area contributed by atoms with Crippen LogP contribution < -0.4 is 0 Å². The van der Waals surface area contributed by atoms with Crippen molar-refractivity contribution in [2.45, 2.75) is 26.7 Å². The van der Waals surface area contributed by atoms with Crippen LogP contribution in [0.4, 0.5) is 0 Å². The molecule has 2 aromatic rings. The molecule has 0 aliphatic heterocycles. The highest BCUT2D eigenvalue weighted by Gasteiger charge is 2.06. The lowest BCUT2D eigenvalue weighted by Gasteiger charge is -2.06. The zero-order valence-electron chi connectivity index (χ0n) is 9.79. The third-order valence-electron chi connectivity index (χ3n) is 2.53. The van der Waals surface area contributed by atoms with Gasteiger partial charge in [-0.2, -0.15) is 5.10 Å². The van der Waals surface area contributed by atoms with E-state index >= 15 is 0 Å². The first kappa shape index (κ1) is 11.2. The standard InChI is InChI=1S/C13H15ClN2/c1-9-4-10(2)6-13(5-9)16-11(3)7-12(8-14)15-16/h4-7H,8H2,1-3H3. The molecule has 0 bridgehead atoms. The van der Waals surface area contributed by atoms with Gasteiger partial charge in [0.2, 0.25) is 0 Å². The van der Waals surface area contributed by atoms with E-state index < -0.39 is 0 Å². The molecule has 0 aliphatic carbocycles. The number of hydrogen-bond acceptors (Lipinski definition) is 1. The molecule has 1 heterocycles. The zero-order valence-corrected chi connectivity index (χ0v) is 10.5. The average molecular weight is 235 g/mol. The van der Waals surface area contributed by atoms with Crippen molar-refractivity contribution in [3.05, 3.63) is 46.8 Å². The number of hydrogen-bond donors (Lipinski definition) is 0. The monoisotopic (exact) mass is 234 g/mol. The van der Waals surface area contributed by atoms with E-state index in [0.717, 1.165) is 17.1 Å². The number of rotatable bonds is 2. The number of benzene rings is 1. The second-order valence-electron chi connectivity index (χ2n) is 4.17. The van der Waals surface area contributed by atoms with Crippen LogP contribution in [0.15, 0.2) is 24.3 Å². The summed E-state index contributed by atoms with van der Waals surface area (Å²) in [5.41, 5.74) is 5.62. The molecule has 2 rings (SSSR count). The van der Waals surface area contributed by atoms with Gasteiger partial charge in [0, 0.05) is 5.69 Å². The van der Waals surface area contributed by atoms with Crippen molar-refractivity contribution in [3.8, 4) is 5.69 Å². The third kappa shape index (κ3) is 2.12. The molecule has 0 fully saturated rings. The lowest BCUT2D eigenvalue weighted by Crippen LogP contribution is -2.00. The maximum Gasteiger partial charge on any atom is 0.0779 e. The van der Waals surface area contributed by atoms with Crippen LogP contribution in [0.3, 0.4) is 0 Å². The SMILES string of the molecule is Cc1cc(C)cc(-n2nc(CCl)cc2C)c1. The Hall–Kier alpha value is -1.28. The molecule has 0 N–H and O–H groups in total. The van der Waals surface area contributed by atoms with E-state index in [1.807, 2.05) is 17.7 Å². The fourth-order valence-corrected chi connectivity index (χ4v) is 2.07. The predicted octanol–water partition coefficient (Wildman–Crippen LogP) is 3.54. The molecule has 84 valence electrons. The van der Waals surface area contributed by atoms with E-state index in [1.54, 1.807) is 0 Å². The second-order valence-corrected chi connectivity index (χ2v) is 4.44. The number of nitrogens with zero attached hydrogens (tertiary/aromatic N) is 2. The zero-order chi connectivity index (χ0) is 11.7. The highest BCUT2D eigenvalue weighted by atomic mass is 35.5. The molecule has 1 aromatic carbocycles. The Morgan fingerprint density at radius 2 is 1.69 bits per heavy atom. The Morgan fingerprint density at radius 1 is 1.06 bits per heavy atom. The van der Waals surface area contributed by atoms with Crippen LogP contribution in [0.25, 0.3) is 5.69 Å².